The highest BCUT2D eigenvalue weighted by molar-refractivity contribution is 5.78. The number of hydrogen-bond donors (Lipinski definition) is 0. The summed E-state index contributed by atoms with van der Waals surface area (Å²) in [5.41, 5.74) is 1.09. The molecule has 4 nitrogen and oxygen atoms in total. The molecule has 0 saturated carbocycles. The third-order valence-corrected chi connectivity index (χ3v) is 4.26. The molecule has 122 valence electrons. The van der Waals surface area contributed by atoms with Gasteiger partial charge in [-0.05, 0) is 37.0 Å². The molecule has 1 aromatic rings. The van der Waals surface area contributed by atoms with Gasteiger partial charge in [-0.1, -0.05) is 25.5 Å². The van der Waals surface area contributed by atoms with Crippen LogP contribution in [0.5, 0.6) is 5.75 Å². The molecule has 0 aromatic heterocycles. The second-order valence-electron chi connectivity index (χ2n) is 6.05. The first-order valence-corrected chi connectivity index (χ1v) is 8.13. The van der Waals surface area contributed by atoms with Gasteiger partial charge >= 0.3 is 0 Å². The zero-order chi connectivity index (χ0) is 15.9. The van der Waals surface area contributed by atoms with Gasteiger partial charge in [0, 0.05) is 26.1 Å². The van der Waals surface area contributed by atoms with Crippen molar-refractivity contribution in [2.24, 2.45) is 5.92 Å². The molecule has 0 unspecified atom stereocenters. The van der Waals surface area contributed by atoms with Gasteiger partial charge in [-0.2, -0.15) is 0 Å². The van der Waals surface area contributed by atoms with E-state index < -0.39 is 0 Å². The van der Waals surface area contributed by atoms with E-state index >= 15 is 0 Å². The van der Waals surface area contributed by atoms with Crippen molar-refractivity contribution in [2.45, 2.75) is 45.3 Å². The van der Waals surface area contributed by atoms with E-state index in [2.05, 4.69) is 6.92 Å². The molecule has 22 heavy (non-hydrogen) atoms. The van der Waals surface area contributed by atoms with Gasteiger partial charge in [0.15, 0.2) is 0 Å². The molecule has 0 bridgehead atoms. The molecule has 0 N–H and O–H groups in total. The minimum absolute atomic E-state index is 0.0981. The number of methoxy groups -OCH3 is 1. The van der Waals surface area contributed by atoms with Gasteiger partial charge < -0.3 is 14.4 Å². The highest BCUT2D eigenvalue weighted by atomic mass is 16.5. The Balaban J connectivity index is 1.93. The van der Waals surface area contributed by atoms with Gasteiger partial charge in [0.1, 0.15) is 5.75 Å². The number of carbonyl (C=O) groups is 1. The van der Waals surface area contributed by atoms with Crippen LogP contribution in [0, 0.1) is 5.92 Å². The molecule has 1 heterocycles. The Labute approximate surface area is 133 Å². The van der Waals surface area contributed by atoms with E-state index in [9.17, 15) is 4.79 Å². The lowest BCUT2D eigenvalue weighted by atomic mass is 9.92. The number of ether oxygens (including phenoxy) is 2. The van der Waals surface area contributed by atoms with Gasteiger partial charge in [-0.25, -0.2) is 0 Å². The molecular formula is C18H27NO3. The summed E-state index contributed by atoms with van der Waals surface area (Å²) in [5, 5.41) is 0. The van der Waals surface area contributed by atoms with Crippen LogP contribution in [0.15, 0.2) is 24.3 Å². The molecule has 2 atom stereocenters. The summed E-state index contributed by atoms with van der Waals surface area (Å²) >= 11 is 0. The molecule has 1 amide bonds. The van der Waals surface area contributed by atoms with Gasteiger partial charge in [-0.3, -0.25) is 4.79 Å². The number of rotatable bonds is 6. The first-order valence-electron chi connectivity index (χ1n) is 8.13. The Bertz CT molecular complexity index is 487. The maximum atomic E-state index is 12.6. The summed E-state index contributed by atoms with van der Waals surface area (Å²) in [6.45, 7) is 3.48. The predicted molar refractivity (Wildman–Crippen MR) is 86.8 cm³/mol. The SMILES string of the molecule is CCC[C@@H]1C[C@H](C(=O)N(C)Cc2cccc(OC)c2)CCO1. The lowest BCUT2D eigenvalue weighted by Crippen LogP contribution is -2.38. The predicted octanol–water partition coefficient (Wildman–Crippen LogP) is 3.25. The highest BCUT2D eigenvalue weighted by Crippen LogP contribution is 2.25. The standard InChI is InChI=1S/C18H27NO3/c1-4-6-17-12-15(9-10-22-17)18(20)19(2)13-14-7-5-8-16(11-14)21-3/h5,7-8,11,15,17H,4,6,9-10,12-13H2,1-3H3/t15-,17-/m1/s1. The van der Waals surface area contributed by atoms with Crippen molar-refractivity contribution in [2.75, 3.05) is 20.8 Å². The molecular weight excluding hydrogens is 278 g/mol. The van der Waals surface area contributed by atoms with E-state index in [1.807, 2.05) is 36.2 Å². The zero-order valence-electron chi connectivity index (χ0n) is 13.9. The maximum Gasteiger partial charge on any atom is 0.225 e. The van der Waals surface area contributed by atoms with Crippen LogP contribution >= 0.6 is 0 Å². The zero-order valence-corrected chi connectivity index (χ0v) is 13.9. The van der Waals surface area contributed by atoms with Gasteiger partial charge in [0.05, 0.1) is 13.2 Å². The monoisotopic (exact) mass is 305 g/mol. The average molecular weight is 305 g/mol. The first-order chi connectivity index (χ1) is 10.6. The van der Waals surface area contributed by atoms with Crippen molar-refractivity contribution in [1.29, 1.82) is 0 Å². The van der Waals surface area contributed by atoms with E-state index in [0.717, 1.165) is 37.0 Å². The fourth-order valence-corrected chi connectivity index (χ4v) is 3.06. The molecule has 0 spiro atoms. The third-order valence-electron chi connectivity index (χ3n) is 4.26. The van der Waals surface area contributed by atoms with Crippen LogP contribution in [0.3, 0.4) is 0 Å². The van der Waals surface area contributed by atoms with Crippen molar-refractivity contribution >= 4 is 5.91 Å². The molecule has 0 aliphatic carbocycles. The summed E-state index contributed by atoms with van der Waals surface area (Å²) in [7, 11) is 3.54. The topological polar surface area (TPSA) is 38.8 Å². The van der Waals surface area contributed by atoms with E-state index in [0.29, 0.717) is 13.2 Å². The smallest absolute Gasteiger partial charge is 0.225 e. The number of amides is 1. The summed E-state index contributed by atoms with van der Waals surface area (Å²) in [6, 6.07) is 7.88. The molecule has 0 radical (unpaired) electrons. The van der Waals surface area contributed by atoms with Crippen LogP contribution in [-0.2, 0) is 16.1 Å². The molecule has 1 fully saturated rings. The summed E-state index contributed by atoms with van der Waals surface area (Å²) < 4.78 is 11.0. The Morgan fingerprint density at radius 1 is 1.45 bits per heavy atom. The van der Waals surface area contributed by atoms with Crippen LogP contribution in [-0.4, -0.2) is 37.7 Å². The second kappa shape index (κ2) is 8.18. The largest absolute Gasteiger partial charge is 0.497 e. The van der Waals surface area contributed by atoms with Crippen molar-refractivity contribution in [1.82, 2.24) is 4.90 Å². The van der Waals surface area contributed by atoms with Crippen LogP contribution in [0.25, 0.3) is 0 Å². The number of carbonyl (C=O) groups excluding carboxylic acids is 1. The molecule has 1 aliphatic heterocycles. The van der Waals surface area contributed by atoms with Crippen molar-refractivity contribution in [3.63, 3.8) is 0 Å². The summed E-state index contributed by atoms with van der Waals surface area (Å²) in [4.78, 5) is 14.5. The molecule has 1 aromatic carbocycles. The third kappa shape index (κ3) is 4.47. The molecule has 1 saturated heterocycles. The minimum atomic E-state index is 0.0981. The lowest BCUT2D eigenvalue weighted by Gasteiger charge is -2.31. The molecule has 4 heteroatoms. The number of nitrogens with zero attached hydrogens (tertiary/aromatic N) is 1. The maximum absolute atomic E-state index is 12.6. The van der Waals surface area contributed by atoms with Crippen molar-refractivity contribution < 1.29 is 14.3 Å². The Hall–Kier alpha value is -1.55. The van der Waals surface area contributed by atoms with Crippen LogP contribution in [0.1, 0.15) is 38.2 Å². The van der Waals surface area contributed by atoms with E-state index in [4.69, 9.17) is 9.47 Å². The Kier molecular flexibility index (Phi) is 6.25. The number of benzene rings is 1. The van der Waals surface area contributed by atoms with Crippen LogP contribution in [0.2, 0.25) is 0 Å². The fraction of sp³-hybridized carbons (Fsp3) is 0.611. The van der Waals surface area contributed by atoms with Crippen LogP contribution in [0.4, 0.5) is 0 Å². The highest BCUT2D eigenvalue weighted by Gasteiger charge is 2.29. The van der Waals surface area contributed by atoms with Crippen LogP contribution < -0.4 is 4.74 Å². The summed E-state index contributed by atoms with van der Waals surface area (Å²) in [5.74, 6) is 1.15. The van der Waals surface area contributed by atoms with Gasteiger partial charge in [-0.15, -0.1) is 0 Å². The fourth-order valence-electron chi connectivity index (χ4n) is 3.06. The van der Waals surface area contributed by atoms with Gasteiger partial charge in [0.2, 0.25) is 5.91 Å². The Morgan fingerprint density at radius 2 is 2.27 bits per heavy atom. The quantitative estimate of drug-likeness (QED) is 0.810. The lowest BCUT2D eigenvalue weighted by molar-refractivity contribution is -0.140. The Morgan fingerprint density at radius 3 is 3.00 bits per heavy atom. The number of hydrogen-bond acceptors (Lipinski definition) is 3. The van der Waals surface area contributed by atoms with E-state index in [1.165, 1.54) is 0 Å². The average Bonchev–Trinajstić information content (AvgIpc) is 2.55. The second-order valence-corrected chi connectivity index (χ2v) is 6.05. The van der Waals surface area contributed by atoms with Crippen molar-refractivity contribution in [3.05, 3.63) is 29.8 Å². The molecule has 2 rings (SSSR count). The van der Waals surface area contributed by atoms with Gasteiger partial charge in [0.25, 0.3) is 0 Å². The van der Waals surface area contributed by atoms with Crippen molar-refractivity contribution in [3.8, 4) is 5.75 Å². The first kappa shape index (κ1) is 16.8. The van der Waals surface area contributed by atoms with E-state index in [1.54, 1.807) is 7.11 Å². The normalized spacial score (nSPS) is 21.4. The molecule has 1 aliphatic rings. The minimum Gasteiger partial charge on any atom is -0.497 e. The van der Waals surface area contributed by atoms with E-state index in [-0.39, 0.29) is 17.9 Å². The summed E-state index contributed by atoms with van der Waals surface area (Å²) in [6.07, 6.45) is 4.09.